The van der Waals surface area contributed by atoms with E-state index in [1.165, 1.54) is 7.11 Å². The van der Waals surface area contributed by atoms with Crippen LogP contribution in [0.1, 0.15) is 10.4 Å². The molecule has 0 aromatic heterocycles. The van der Waals surface area contributed by atoms with Gasteiger partial charge in [0, 0.05) is 5.69 Å². The standard InChI is InChI=1S/C20H17NO4/c1-24-20(23)15-6-9-17(10-7-15)21-19(22)13-25-18-11-8-14-4-2-3-5-16(14)12-18/h2-12H,13H2,1H3,(H,21,22). The van der Waals surface area contributed by atoms with E-state index in [0.717, 1.165) is 10.8 Å². The van der Waals surface area contributed by atoms with Crippen LogP contribution in [0, 0.1) is 0 Å². The number of methoxy groups -OCH3 is 1. The molecule has 3 rings (SSSR count). The maximum Gasteiger partial charge on any atom is 0.337 e. The molecule has 3 aromatic carbocycles. The van der Waals surface area contributed by atoms with Crippen LogP contribution in [0.4, 0.5) is 5.69 Å². The first-order valence-electron chi connectivity index (χ1n) is 7.75. The van der Waals surface area contributed by atoms with Gasteiger partial charge in [0.05, 0.1) is 12.7 Å². The maximum absolute atomic E-state index is 12.0. The first-order chi connectivity index (χ1) is 12.2. The van der Waals surface area contributed by atoms with E-state index in [-0.39, 0.29) is 12.5 Å². The zero-order valence-corrected chi connectivity index (χ0v) is 13.7. The minimum Gasteiger partial charge on any atom is -0.484 e. The summed E-state index contributed by atoms with van der Waals surface area (Å²) >= 11 is 0. The van der Waals surface area contributed by atoms with E-state index in [2.05, 4.69) is 10.1 Å². The van der Waals surface area contributed by atoms with E-state index in [1.807, 2.05) is 42.5 Å². The average molecular weight is 335 g/mol. The van der Waals surface area contributed by atoms with Gasteiger partial charge in [-0.3, -0.25) is 4.79 Å². The Balaban J connectivity index is 1.57. The molecule has 0 saturated carbocycles. The summed E-state index contributed by atoms with van der Waals surface area (Å²) in [5.41, 5.74) is 1.01. The molecule has 0 bridgehead atoms. The predicted octanol–water partition coefficient (Wildman–Crippen LogP) is 3.64. The minimum atomic E-state index is -0.419. The smallest absolute Gasteiger partial charge is 0.337 e. The topological polar surface area (TPSA) is 64.6 Å². The number of anilines is 1. The van der Waals surface area contributed by atoms with Gasteiger partial charge >= 0.3 is 5.97 Å². The number of fused-ring (bicyclic) bond motifs is 1. The molecule has 0 radical (unpaired) electrons. The average Bonchev–Trinajstić information content (AvgIpc) is 2.66. The number of hydrogen-bond acceptors (Lipinski definition) is 4. The summed E-state index contributed by atoms with van der Waals surface area (Å²) < 4.78 is 10.2. The Morgan fingerprint density at radius 1 is 0.920 bits per heavy atom. The fourth-order valence-electron chi connectivity index (χ4n) is 2.41. The van der Waals surface area contributed by atoms with E-state index >= 15 is 0 Å². The van der Waals surface area contributed by atoms with Gasteiger partial charge in [0.2, 0.25) is 0 Å². The molecule has 3 aromatic rings. The lowest BCUT2D eigenvalue weighted by atomic mass is 10.1. The van der Waals surface area contributed by atoms with Crippen molar-refractivity contribution in [2.24, 2.45) is 0 Å². The highest BCUT2D eigenvalue weighted by Gasteiger charge is 2.07. The third-order valence-corrected chi connectivity index (χ3v) is 3.68. The van der Waals surface area contributed by atoms with Gasteiger partial charge in [0.1, 0.15) is 5.75 Å². The number of nitrogens with one attached hydrogen (secondary N) is 1. The van der Waals surface area contributed by atoms with Gasteiger partial charge in [-0.15, -0.1) is 0 Å². The summed E-state index contributed by atoms with van der Waals surface area (Å²) in [5, 5.41) is 4.89. The summed E-state index contributed by atoms with van der Waals surface area (Å²) in [6, 6.07) is 20.1. The van der Waals surface area contributed by atoms with Gasteiger partial charge in [-0.2, -0.15) is 0 Å². The second-order valence-electron chi connectivity index (χ2n) is 5.41. The number of rotatable bonds is 5. The number of hydrogen-bond donors (Lipinski definition) is 1. The van der Waals surface area contributed by atoms with Crippen molar-refractivity contribution < 1.29 is 19.1 Å². The first kappa shape index (κ1) is 16.5. The molecule has 126 valence electrons. The summed E-state index contributed by atoms with van der Waals surface area (Å²) in [4.78, 5) is 23.4. The number of carbonyl (C=O) groups excluding carboxylic acids is 2. The molecule has 0 unspecified atom stereocenters. The van der Waals surface area contributed by atoms with Crippen LogP contribution in [0.15, 0.2) is 66.7 Å². The summed E-state index contributed by atoms with van der Waals surface area (Å²) in [6.45, 7) is -0.100. The van der Waals surface area contributed by atoms with Crippen LogP contribution in [0.2, 0.25) is 0 Å². The fraction of sp³-hybridized carbons (Fsp3) is 0.100. The zero-order valence-electron chi connectivity index (χ0n) is 13.7. The van der Waals surface area contributed by atoms with Crippen molar-refractivity contribution in [3.8, 4) is 5.75 Å². The number of carbonyl (C=O) groups is 2. The second-order valence-corrected chi connectivity index (χ2v) is 5.41. The van der Waals surface area contributed by atoms with Crippen molar-refractivity contribution in [1.29, 1.82) is 0 Å². The van der Waals surface area contributed by atoms with Crippen LogP contribution in [0.3, 0.4) is 0 Å². The molecular formula is C20H17NO4. The molecule has 5 heteroatoms. The predicted molar refractivity (Wildman–Crippen MR) is 95.9 cm³/mol. The Morgan fingerprint density at radius 3 is 2.36 bits per heavy atom. The van der Waals surface area contributed by atoms with E-state index in [0.29, 0.717) is 17.0 Å². The summed E-state index contributed by atoms with van der Waals surface area (Å²) in [5.74, 6) is -0.0635. The van der Waals surface area contributed by atoms with E-state index in [1.54, 1.807) is 24.3 Å². The Morgan fingerprint density at radius 2 is 1.64 bits per heavy atom. The molecule has 25 heavy (non-hydrogen) atoms. The molecule has 0 fully saturated rings. The van der Waals surface area contributed by atoms with Gasteiger partial charge in [-0.05, 0) is 47.2 Å². The molecule has 0 heterocycles. The molecule has 0 spiro atoms. The number of ether oxygens (including phenoxy) is 2. The van der Waals surface area contributed by atoms with Gasteiger partial charge in [0.25, 0.3) is 5.91 Å². The minimum absolute atomic E-state index is 0.100. The quantitative estimate of drug-likeness (QED) is 0.723. The largest absolute Gasteiger partial charge is 0.484 e. The molecule has 1 N–H and O–H groups in total. The third-order valence-electron chi connectivity index (χ3n) is 3.68. The van der Waals surface area contributed by atoms with Crippen molar-refractivity contribution in [2.45, 2.75) is 0 Å². The van der Waals surface area contributed by atoms with Crippen LogP contribution in [-0.4, -0.2) is 25.6 Å². The van der Waals surface area contributed by atoms with Crippen molar-refractivity contribution in [3.63, 3.8) is 0 Å². The van der Waals surface area contributed by atoms with Gasteiger partial charge in [-0.1, -0.05) is 30.3 Å². The van der Waals surface area contributed by atoms with E-state index < -0.39 is 5.97 Å². The molecule has 0 atom stereocenters. The maximum atomic E-state index is 12.0. The summed E-state index contributed by atoms with van der Waals surface area (Å²) in [7, 11) is 1.32. The van der Waals surface area contributed by atoms with Crippen molar-refractivity contribution >= 4 is 28.3 Å². The Bertz CT molecular complexity index is 903. The zero-order chi connectivity index (χ0) is 17.6. The molecule has 0 aliphatic rings. The summed E-state index contributed by atoms with van der Waals surface area (Å²) in [6.07, 6.45) is 0. The normalized spacial score (nSPS) is 10.3. The van der Waals surface area contributed by atoms with Gasteiger partial charge in [0.15, 0.2) is 6.61 Å². The van der Waals surface area contributed by atoms with Crippen LogP contribution in [0.5, 0.6) is 5.75 Å². The monoisotopic (exact) mass is 335 g/mol. The van der Waals surface area contributed by atoms with Crippen molar-refractivity contribution in [3.05, 3.63) is 72.3 Å². The SMILES string of the molecule is COC(=O)c1ccc(NC(=O)COc2ccc3ccccc3c2)cc1. The molecular weight excluding hydrogens is 318 g/mol. The van der Waals surface area contributed by atoms with E-state index in [4.69, 9.17) is 4.74 Å². The highest BCUT2D eigenvalue weighted by Crippen LogP contribution is 2.20. The van der Waals surface area contributed by atoms with Gasteiger partial charge < -0.3 is 14.8 Å². The lowest BCUT2D eigenvalue weighted by Crippen LogP contribution is -2.20. The molecule has 0 aliphatic heterocycles. The lowest BCUT2D eigenvalue weighted by molar-refractivity contribution is -0.118. The molecule has 1 amide bonds. The Kier molecular flexibility index (Phi) is 4.95. The van der Waals surface area contributed by atoms with Crippen LogP contribution in [-0.2, 0) is 9.53 Å². The van der Waals surface area contributed by atoms with E-state index in [9.17, 15) is 9.59 Å². The molecule has 0 saturated heterocycles. The van der Waals surface area contributed by atoms with Crippen LogP contribution in [0.25, 0.3) is 10.8 Å². The number of benzene rings is 3. The number of esters is 1. The fourth-order valence-corrected chi connectivity index (χ4v) is 2.41. The van der Waals surface area contributed by atoms with Crippen molar-refractivity contribution in [1.82, 2.24) is 0 Å². The lowest BCUT2D eigenvalue weighted by Gasteiger charge is -2.09. The highest BCUT2D eigenvalue weighted by atomic mass is 16.5. The second kappa shape index (κ2) is 7.49. The Hall–Kier alpha value is -3.34. The van der Waals surface area contributed by atoms with Gasteiger partial charge in [-0.25, -0.2) is 4.79 Å². The van der Waals surface area contributed by atoms with Crippen LogP contribution >= 0.6 is 0 Å². The Labute approximate surface area is 145 Å². The highest BCUT2D eigenvalue weighted by molar-refractivity contribution is 5.93. The third kappa shape index (κ3) is 4.14. The molecule has 5 nitrogen and oxygen atoms in total. The first-order valence-corrected chi connectivity index (χ1v) is 7.75. The van der Waals surface area contributed by atoms with Crippen molar-refractivity contribution in [2.75, 3.05) is 19.0 Å². The van der Waals surface area contributed by atoms with Crippen LogP contribution < -0.4 is 10.1 Å². The number of amides is 1. The molecule has 0 aliphatic carbocycles.